The van der Waals surface area contributed by atoms with E-state index in [1.165, 1.54) is 0 Å². The van der Waals surface area contributed by atoms with Crippen LogP contribution in [0.5, 0.6) is 0 Å². The largest absolute Gasteiger partial charge is 0.308 e. The molecule has 20 heavy (non-hydrogen) atoms. The molecular weight excluding hydrogens is 256 g/mol. The number of nitrogens with zero attached hydrogens (tertiary/aromatic N) is 2. The summed E-state index contributed by atoms with van der Waals surface area (Å²) in [6.45, 7) is 1.19. The van der Waals surface area contributed by atoms with E-state index in [2.05, 4.69) is 0 Å². The zero-order valence-electron chi connectivity index (χ0n) is 11.7. The van der Waals surface area contributed by atoms with Crippen LogP contribution < -0.4 is 11.5 Å². The Morgan fingerprint density at radius 2 is 2.05 bits per heavy atom. The minimum absolute atomic E-state index is 0.339. The lowest BCUT2D eigenvalue weighted by Crippen LogP contribution is -2.59. The average Bonchev–Trinajstić information content (AvgIpc) is 2.64. The Hall–Kier alpha value is -1.60. The predicted molar refractivity (Wildman–Crippen MR) is 75.6 cm³/mol. The summed E-state index contributed by atoms with van der Waals surface area (Å²) in [5, 5.41) is 0. The fourth-order valence-corrected chi connectivity index (χ4v) is 2.63. The van der Waals surface area contributed by atoms with Crippen LogP contribution in [-0.2, 0) is 15.4 Å². The van der Waals surface area contributed by atoms with Gasteiger partial charge in [-0.25, -0.2) is 0 Å². The SMILES string of the molecule is CN(C)CCN1C(C(=O)C=O)c2ccccc2C1(N)N. The number of nitrogens with two attached hydrogens (primary N) is 2. The molecule has 0 spiro atoms. The van der Waals surface area contributed by atoms with Gasteiger partial charge in [0.2, 0.25) is 5.78 Å². The van der Waals surface area contributed by atoms with Crippen LogP contribution in [0, 0.1) is 0 Å². The number of benzene rings is 1. The number of likely N-dealkylation sites (N-methyl/N-ethyl adjacent to an activating group) is 1. The van der Waals surface area contributed by atoms with Gasteiger partial charge in [0.25, 0.3) is 0 Å². The molecule has 1 atom stereocenters. The summed E-state index contributed by atoms with van der Waals surface area (Å²) < 4.78 is 0. The third kappa shape index (κ3) is 2.38. The van der Waals surface area contributed by atoms with Crippen molar-refractivity contribution in [2.45, 2.75) is 11.8 Å². The number of Topliss-reactive ketones (excluding diaryl/α,β-unsaturated/α-hetero) is 1. The van der Waals surface area contributed by atoms with E-state index in [9.17, 15) is 9.59 Å². The summed E-state index contributed by atoms with van der Waals surface area (Å²) in [7, 11) is 3.85. The van der Waals surface area contributed by atoms with Gasteiger partial charge in [-0.15, -0.1) is 0 Å². The lowest BCUT2D eigenvalue weighted by atomic mass is 10.0. The number of carbonyl (C=O) groups excluding carboxylic acids is 2. The number of ketones is 1. The second kappa shape index (κ2) is 5.41. The molecule has 1 unspecified atom stereocenters. The van der Waals surface area contributed by atoms with E-state index in [-0.39, 0.29) is 0 Å². The highest BCUT2D eigenvalue weighted by Crippen LogP contribution is 2.40. The maximum Gasteiger partial charge on any atom is 0.216 e. The topological polar surface area (TPSA) is 92.7 Å². The summed E-state index contributed by atoms with van der Waals surface area (Å²) in [5.41, 5.74) is 13.8. The van der Waals surface area contributed by atoms with Crippen LogP contribution in [0.15, 0.2) is 24.3 Å². The molecular formula is C14H20N4O2. The number of hydrogen-bond donors (Lipinski definition) is 2. The first-order chi connectivity index (χ1) is 9.39. The van der Waals surface area contributed by atoms with Gasteiger partial charge in [0.15, 0.2) is 6.29 Å². The third-order valence-electron chi connectivity index (χ3n) is 3.65. The predicted octanol–water partition coefficient (Wildman–Crippen LogP) is -0.599. The molecule has 0 saturated carbocycles. The lowest BCUT2D eigenvalue weighted by Gasteiger charge is -2.35. The van der Waals surface area contributed by atoms with Crippen molar-refractivity contribution < 1.29 is 9.59 Å². The Morgan fingerprint density at radius 1 is 1.40 bits per heavy atom. The Labute approximate surface area is 118 Å². The van der Waals surface area contributed by atoms with Gasteiger partial charge in [-0.1, -0.05) is 24.3 Å². The zero-order chi connectivity index (χ0) is 14.9. The van der Waals surface area contributed by atoms with Gasteiger partial charge in [0.05, 0.1) is 0 Å². The first-order valence-electron chi connectivity index (χ1n) is 6.47. The Kier molecular flexibility index (Phi) is 4.01. The van der Waals surface area contributed by atoms with Gasteiger partial charge in [-0.05, 0) is 19.7 Å². The molecule has 108 valence electrons. The minimum atomic E-state index is -1.24. The lowest BCUT2D eigenvalue weighted by molar-refractivity contribution is -0.135. The van der Waals surface area contributed by atoms with Crippen LogP contribution in [0.3, 0.4) is 0 Å². The second-order valence-corrected chi connectivity index (χ2v) is 5.33. The molecule has 1 aromatic carbocycles. The molecule has 6 heteroatoms. The quantitative estimate of drug-likeness (QED) is 0.424. The van der Waals surface area contributed by atoms with Gasteiger partial charge < -0.3 is 4.90 Å². The maximum atomic E-state index is 12.0. The number of fused-ring (bicyclic) bond motifs is 1. The fourth-order valence-electron chi connectivity index (χ4n) is 2.63. The number of aldehydes is 1. The van der Waals surface area contributed by atoms with Gasteiger partial charge in [0.1, 0.15) is 11.8 Å². The molecule has 0 aromatic heterocycles. The fraction of sp³-hybridized carbons (Fsp3) is 0.429. The van der Waals surface area contributed by atoms with Crippen LogP contribution in [0.1, 0.15) is 17.2 Å². The highest BCUT2D eigenvalue weighted by molar-refractivity contribution is 6.27. The van der Waals surface area contributed by atoms with Crippen LogP contribution in [0.4, 0.5) is 0 Å². The number of hydrogen-bond acceptors (Lipinski definition) is 6. The van der Waals surface area contributed by atoms with Crippen molar-refractivity contribution in [1.82, 2.24) is 9.80 Å². The molecule has 4 N–H and O–H groups in total. The van der Waals surface area contributed by atoms with E-state index in [4.69, 9.17) is 11.5 Å². The van der Waals surface area contributed by atoms with Crippen molar-refractivity contribution >= 4 is 12.1 Å². The highest BCUT2D eigenvalue weighted by atomic mass is 16.2. The van der Waals surface area contributed by atoms with Gasteiger partial charge in [0, 0.05) is 18.7 Å². The summed E-state index contributed by atoms with van der Waals surface area (Å²) >= 11 is 0. The van der Waals surface area contributed by atoms with E-state index in [1.807, 2.05) is 31.1 Å². The van der Waals surface area contributed by atoms with Crippen LogP contribution in [-0.4, -0.2) is 49.1 Å². The van der Waals surface area contributed by atoms with Crippen LogP contribution >= 0.6 is 0 Å². The van der Waals surface area contributed by atoms with Gasteiger partial charge >= 0.3 is 0 Å². The van der Waals surface area contributed by atoms with E-state index >= 15 is 0 Å². The molecule has 1 aliphatic heterocycles. The second-order valence-electron chi connectivity index (χ2n) is 5.33. The molecule has 1 heterocycles. The van der Waals surface area contributed by atoms with Gasteiger partial charge in [-0.3, -0.25) is 26.0 Å². The van der Waals surface area contributed by atoms with Crippen LogP contribution in [0.25, 0.3) is 0 Å². The maximum absolute atomic E-state index is 12.0. The molecule has 2 rings (SSSR count). The molecule has 0 amide bonds. The van der Waals surface area contributed by atoms with Crippen molar-refractivity contribution in [2.24, 2.45) is 11.5 Å². The number of carbonyl (C=O) groups is 2. The summed E-state index contributed by atoms with van der Waals surface area (Å²) in [4.78, 5) is 26.6. The van der Waals surface area contributed by atoms with E-state index in [0.29, 0.717) is 30.5 Å². The van der Waals surface area contributed by atoms with E-state index in [1.54, 1.807) is 17.0 Å². The molecule has 1 aromatic rings. The van der Waals surface area contributed by atoms with Crippen molar-refractivity contribution in [3.8, 4) is 0 Å². The summed E-state index contributed by atoms with van der Waals surface area (Å²) in [6.07, 6.45) is 0.339. The molecule has 0 aliphatic carbocycles. The first-order valence-corrected chi connectivity index (χ1v) is 6.47. The Balaban J connectivity index is 2.43. The number of rotatable bonds is 5. The molecule has 0 fully saturated rings. The third-order valence-corrected chi connectivity index (χ3v) is 3.65. The molecule has 0 radical (unpaired) electrons. The Bertz CT molecular complexity index is 528. The normalized spacial score (nSPS) is 20.9. The molecule has 0 bridgehead atoms. The van der Waals surface area contributed by atoms with Gasteiger partial charge in [-0.2, -0.15) is 0 Å². The first kappa shape index (κ1) is 14.8. The molecule has 6 nitrogen and oxygen atoms in total. The molecule has 1 aliphatic rings. The van der Waals surface area contributed by atoms with E-state index in [0.717, 1.165) is 0 Å². The van der Waals surface area contributed by atoms with Crippen LogP contribution in [0.2, 0.25) is 0 Å². The van der Waals surface area contributed by atoms with Crippen molar-refractivity contribution in [2.75, 3.05) is 27.2 Å². The smallest absolute Gasteiger partial charge is 0.216 e. The summed E-state index contributed by atoms with van der Waals surface area (Å²) in [5.74, 6) is -1.76. The summed E-state index contributed by atoms with van der Waals surface area (Å²) in [6, 6.07) is 6.54. The Morgan fingerprint density at radius 3 is 2.65 bits per heavy atom. The minimum Gasteiger partial charge on any atom is -0.308 e. The van der Waals surface area contributed by atoms with Crippen molar-refractivity contribution in [1.29, 1.82) is 0 Å². The zero-order valence-corrected chi connectivity index (χ0v) is 11.7. The highest BCUT2D eigenvalue weighted by Gasteiger charge is 2.47. The average molecular weight is 276 g/mol. The monoisotopic (exact) mass is 276 g/mol. The van der Waals surface area contributed by atoms with E-state index < -0.39 is 17.6 Å². The van der Waals surface area contributed by atoms with Crippen molar-refractivity contribution in [3.05, 3.63) is 35.4 Å². The molecule has 0 saturated heterocycles. The van der Waals surface area contributed by atoms with Crippen molar-refractivity contribution in [3.63, 3.8) is 0 Å². The standard InChI is InChI=1S/C14H20N4O2/c1-17(2)7-8-18-13(12(20)9-19)10-5-3-4-6-11(10)14(18,15)16/h3-6,9,13H,7-8,15-16H2,1-2H3.